The molecule has 0 aliphatic rings. The summed E-state index contributed by atoms with van der Waals surface area (Å²) in [7, 11) is 1.81. The monoisotopic (exact) mass is 210 g/mol. The summed E-state index contributed by atoms with van der Waals surface area (Å²) >= 11 is 0. The molecule has 1 aromatic heterocycles. The standard InChI is InChI=1S/C10H18N4O/c1-7(4-8(2)15)14-10-5-9(11-3)12-6-13-10/h5-8,15H,4H2,1-3H3,(H2,11,12,13,14). The van der Waals surface area contributed by atoms with Gasteiger partial charge in [0.1, 0.15) is 18.0 Å². The first-order valence-corrected chi connectivity index (χ1v) is 5.06. The van der Waals surface area contributed by atoms with E-state index in [0.29, 0.717) is 6.42 Å². The molecule has 84 valence electrons. The Balaban J connectivity index is 2.55. The van der Waals surface area contributed by atoms with E-state index in [9.17, 15) is 5.11 Å². The van der Waals surface area contributed by atoms with Crippen LogP contribution in [-0.2, 0) is 0 Å². The average molecular weight is 210 g/mol. The lowest BCUT2D eigenvalue weighted by atomic mass is 10.1. The number of hydrogen-bond donors (Lipinski definition) is 3. The Bertz CT molecular complexity index is 303. The van der Waals surface area contributed by atoms with Crippen LogP contribution in [0, 0.1) is 0 Å². The number of rotatable bonds is 5. The number of nitrogens with one attached hydrogen (secondary N) is 2. The third kappa shape index (κ3) is 4.12. The fourth-order valence-corrected chi connectivity index (χ4v) is 1.40. The van der Waals surface area contributed by atoms with Gasteiger partial charge in [0.15, 0.2) is 0 Å². The SMILES string of the molecule is CNc1cc(NC(C)CC(C)O)ncn1. The van der Waals surface area contributed by atoms with Crippen LogP contribution in [-0.4, -0.2) is 34.3 Å². The van der Waals surface area contributed by atoms with Crippen molar-refractivity contribution < 1.29 is 5.11 Å². The van der Waals surface area contributed by atoms with Crippen LogP contribution < -0.4 is 10.6 Å². The Kier molecular flexibility index (Phi) is 4.30. The minimum atomic E-state index is -0.307. The van der Waals surface area contributed by atoms with E-state index in [1.54, 1.807) is 6.92 Å². The van der Waals surface area contributed by atoms with Crippen LogP contribution in [0.1, 0.15) is 20.3 Å². The van der Waals surface area contributed by atoms with Crippen LogP contribution in [0.25, 0.3) is 0 Å². The van der Waals surface area contributed by atoms with Gasteiger partial charge in [0, 0.05) is 19.2 Å². The molecule has 2 atom stereocenters. The van der Waals surface area contributed by atoms with Crippen molar-refractivity contribution >= 4 is 11.6 Å². The lowest BCUT2D eigenvalue weighted by Crippen LogP contribution is -2.21. The summed E-state index contributed by atoms with van der Waals surface area (Å²) in [6, 6.07) is 2.02. The highest BCUT2D eigenvalue weighted by Gasteiger charge is 2.06. The van der Waals surface area contributed by atoms with Crippen LogP contribution in [0.5, 0.6) is 0 Å². The van der Waals surface area contributed by atoms with Gasteiger partial charge in [-0.2, -0.15) is 0 Å². The van der Waals surface area contributed by atoms with Gasteiger partial charge in [0.25, 0.3) is 0 Å². The third-order valence-corrected chi connectivity index (χ3v) is 2.01. The van der Waals surface area contributed by atoms with E-state index in [1.165, 1.54) is 6.33 Å². The average Bonchev–Trinajstić information content (AvgIpc) is 2.16. The molecule has 0 bridgehead atoms. The molecule has 3 N–H and O–H groups in total. The zero-order chi connectivity index (χ0) is 11.3. The predicted octanol–water partition coefficient (Wildman–Crippen LogP) is 1.09. The van der Waals surface area contributed by atoms with Crippen molar-refractivity contribution in [2.75, 3.05) is 17.7 Å². The number of aromatic nitrogens is 2. The Morgan fingerprint density at radius 3 is 2.60 bits per heavy atom. The fraction of sp³-hybridized carbons (Fsp3) is 0.600. The van der Waals surface area contributed by atoms with Crippen LogP contribution in [0.2, 0.25) is 0 Å². The molecule has 2 unspecified atom stereocenters. The van der Waals surface area contributed by atoms with Crippen molar-refractivity contribution in [2.24, 2.45) is 0 Å². The summed E-state index contributed by atoms with van der Waals surface area (Å²) in [6.45, 7) is 3.78. The summed E-state index contributed by atoms with van der Waals surface area (Å²) in [5.41, 5.74) is 0. The van der Waals surface area contributed by atoms with E-state index in [2.05, 4.69) is 20.6 Å². The van der Waals surface area contributed by atoms with Gasteiger partial charge in [-0.1, -0.05) is 0 Å². The summed E-state index contributed by atoms with van der Waals surface area (Å²) in [6.07, 6.45) is 1.89. The first kappa shape index (κ1) is 11.7. The van der Waals surface area contributed by atoms with E-state index in [-0.39, 0.29) is 12.1 Å². The molecule has 0 fully saturated rings. The maximum Gasteiger partial charge on any atom is 0.131 e. The fourth-order valence-electron chi connectivity index (χ4n) is 1.40. The number of hydrogen-bond acceptors (Lipinski definition) is 5. The number of nitrogens with zero attached hydrogens (tertiary/aromatic N) is 2. The molecule has 0 amide bonds. The molecule has 5 heteroatoms. The largest absolute Gasteiger partial charge is 0.393 e. The molecule has 0 saturated heterocycles. The van der Waals surface area contributed by atoms with Gasteiger partial charge in [-0.25, -0.2) is 9.97 Å². The molecule has 0 spiro atoms. The topological polar surface area (TPSA) is 70.1 Å². The zero-order valence-corrected chi connectivity index (χ0v) is 9.36. The minimum absolute atomic E-state index is 0.185. The lowest BCUT2D eigenvalue weighted by Gasteiger charge is -2.16. The van der Waals surface area contributed by atoms with Gasteiger partial charge in [-0.3, -0.25) is 0 Å². The maximum atomic E-state index is 9.22. The van der Waals surface area contributed by atoms with Gasteiger partial charge in [-0.05, 0) is 20.3 Å². The highest BCUT2D eigenvalue weighted by Crippen LogP contribution is 2.10. The number of anilines is 2. The smallest absolute Gasteiger partial charge is 0.131 e. The minimum Gasteiger partial charge on any atom is -0.393 e. The molecule has 1 rings (SSSR count). The Morgan fingerprint density at radius 1 is 1.33 bits per heavy atom. The van der Waals surface area contributed by atoms with Crippen LogP contribution in [0.3, 0.4) is 0 Å². The number of aliphatic hydroxyl groups excluding tert-OH is 1. The lowest BCUT2D eigenvalue weighted by molar-refractivity contribution is 0.179. The molecule has 1 heterocycles. The summed E-state index contributed by atoms with van der Waals surface area (Å²) < 4.78 is 0. The predicted molar refractivity (Wildman–Crippen MR) is 61.0 cm³/mol. The Morgan fingerprint density at radius 2 is 2.00 bits per heavy atom. The quantitative estimate of drug-likeness (QED) is 0.678. The van der Waals surface area contributed by atoms with Crippen LogP contribution in [0.15, 0.2) is 12.4 Å². The highest BCUT2D eigenvalue weighted by atomic mass is 16.3. The van der Waals surface area contributed by atoms with E-state index < -0.39 is 0 Å². The van der Waals surface area contributed by atoms with E-state index >= 15 is 0 Å². The first-order valence-electron chi connectivity index (χ1n) is 5.06. The second kappa shape index (κ2) is 5.50. The molecule has 0 aromatic carbocycles. The molecule has 0 aliphatic heterocycles. The van der Waals surface area contributed by atoms with Gasteiger partial charge >= 0.3 is 0 Å². The second-order valence-corrected chi connectivity index (χ2v) is 3.67. The molecular formula is C10H18N4O. The molecule has 0 aliphatic carbocycles. The third-order valence-electron chi connectivity index (χ3n) is 2.01. The van der Waals surface area contributed by atoms with Crippen molar-refractivity contribution in [3.05, 3.63) is 12.4 Å². The van der Waals surface area contributed by atoms with Gasteiger partial charge in [-0.15, -0.1) is 0 Å². The molecule has 1 aromatic rings. The van der Waals surface area contributed by atoms with Crippen LogP contribution >= 0.6 is 0 Å². The van der Waals surface area contributed by atoms with Crippen molar-refractivity contribution in [3.63, 3.8) is 0 Å². The normalized spacial score (nSPS) is 14.4. The zero-order valence-electron chi connectivity index (χ0n) is 9.36. The van der Waals surface area contributed by atoms with Crippen molar-refractivity contribution in [2.45, 2.75) is 32.4 Å². The molecular weight excluding hydrogens is 192 g/mol. The number of aliphatic hydroxyl groups is 1. The van der Waals surface area contributed by atoms with Crippen molar-refractivity contribution in [3.8, 4) is 0 Å². The van der Waals surface area contributed by atoms with Crippen LogP contribution in [0.4, 0.5) is 11.6 Å². The maximum absolute atomic E-state index is 9.22. The summed E-state index contributed by atoms with van der Waals surface area (Å²) in [4.78, 5) is 8.11. The van der Waals surface area contributed by atoms with E-state index in [0.717, 1.165) is 11.6 Å². The molecule has 0 saturated carbocycles. The van der Waals surface area contributed by atoms with Crippen molar-refractivity contribution in [1.29, 1.82) is 0 Å². The molecule has 15 heavy (non-hydrogen) atoms. The van der Waals surface area contributed by atoms with Gasteiger partial charge in [0.05, 0.1) is 6.10 Å². The molecule has 0 radical (unpaired) electrons. The summed E-state index contributed by atoms with van der Waals surface area (Å²) in [5.74, 6) is 1.54. The summed E-state index contributed by atoms with van der Waals surface area (Å²) in [5, 5.41) is 15.4. The van der Waals surface area contributed by atoms with Crippen molar-refractivity contribution in [1.82, 2.24) is 9.97 Å². The molecule has 5 nitrogen and oxygen atoms in total. The Labute approximate surface area is 90.0 Å². The highest BCUT2D eigenvalue weighted by molar-refractivity contribution is 5.46. The van der Waals surface area contributed by atoms with E-state index in [1.807, 2.05) is 20.0 Å². The first-order chi connectivity index (χ1) is 7.11. The second-order valence-electron chi connectivity index (χ2n) is 3.67. The Hall–Kier alpha value is -1.36. The van der Waals surface area contributed by atoms with E-state index in [4.69, 9.17) is 0 Å². The van der Waals surface area contributed by atoms with Gasteiger partial charge < -0.3 is 15.7 Å². The van der Waals surface area contributed by atoms with Gasteiger partial charge in [0.2, 0.25) is 0 Å².